The molecule has 1 saturated heterocycles. The molecule has 3 aliphatic rings. The second-order valence-electron chi connectivity index (χ2n) is 8.28. The van der Waals surface area contributed by atoms with E-state index in [4.69, 9.17) is 5.11 Å². The van der Waals surface area contributed by atoms with Crippen LogP contribution >= 0.6 is 0 Å². The molecule has 13 nitrogen and oxygen atoms in total. The predicted octanol–water partition coefficient (Wildman–Crippen LogP) is 1.43. The molecule has 0 saturated carbocycles. The maximum absolute atomic E-state index is 13.9. The van der Waals surface area contributed by atoms with Crippen molar-refractivity contribution in [1.82, 2.24) is 5.06 Å². The average Bonchev–Trinajstić information content (AvgIpc) is 3.56. The minimum absolute atomic E-state index is 0.0313. The van der Waals surface area contributed by atoms with Gasteiger partial charge in [-0.15, -0.1) is 5.06 Å². The van der Waals surface area contributed by atoms with Gasteiger partial charge in [-0.25, -0.2) is 28.2 Å². The molecule has 0 radical (unpaired) electrons. The third-order valence-corrected chi connectivity index (χ3v) is 5.67. The van der Waals surface area contributed by atoms with Gasteiger partial charge in [0.15, 0.2) is 0 Å². The highest BCUT2D eigenvalue weighted by molar-refractivity contribution is 6.29. The van der Waals surface area contributed by atoms with Crippen molar-refractivity contribution < 1.29 is 57.1 Å². The summed E-state index contributed by atoms with van der Waals surface area (Å²) in [5.74, 6) is -8.54. The Labute approximate surface area is 227 Å². The van der Waals surface area contributed by atoms with Gasteiger partial charge in [-0.3, -0.25) is 28.8 Å². The zero-order valence-corrected chi connectivity index (χ0v) is 20.4. The fourth-order valence-corrected chi connectivity index (χ4v) is 3.72. The van der Waals surface area contributed by atoms with Crippen molar-refractivity contribution in [2.45, 2.75) is 12.8 Å². The summed E-state index contributed by atoms with van der Waals surface area (Å²) >= 11 is 0. The molecule has 0 aliphatic carbocycles. The third kappa shape index (κ3) is 5.63. The van der Waals surface area contributed by atoms with Crippen molar-refractivity contribution >= 4 is 58.8 Å². The lowest BCUT2D eigenvalue weighted by Gasteiger charge is -2.16. The molecule has 0 atom stereocenters. The molecule has 208 valence electrons. The van der Waals surface area contributed by atoms with Crippen LogP contribution in [0.1, 0.15) is 33.6 Å². The number of aromatic carboxylic acids is 1. The van der Waals surface area contributed by atoms with Gasteiger partial charge in [0.2, 0.25) is 0 Å². The van der Waals surface area contributed by atoms with Crippen molar-refractivity contribution in [2.24, 2.45) is 0 Å². The van der Waals surface area contributed by atoms with Crippen LogP contribution in [0.3, 0.4) is 0 Å². The van der Waals surface area contributed by atoms with Crippen molar-refractivity contribution in [3.05, 3.63) is 83.5 Å². The van der Waals surface area contributed by atoms with E-state index in [-0.39, 0.29) is 29.3 Å². The largest absolute Gasteiger partial charge is 0.478 e. The van der Waals surface area contributed by atoms with Crippen LogP contribution in [0.4, 0.5) is 20.2 Å². The first-order valence-corrected chi connectivity index (χ1v) is 11.4. The van der Waals surface area contributed by atoms with Gasteiger partial charge in [-0.2, -0.15) is 0 Å². The summed E-state index contributed by atoms with van der Waals surface area (Å²) in [7, 11) is 0. The molecule has 3 heterocycles. The lowest BCUT2D eigenvalue weighted by molar-refractivity contribution is -0.172. The van der Waals surface area contributed by atoms with Crippen molar-refractivity contribution in [3.8, 4) is 0 Å². The Morgan fingerprint density at radius 3 is 1.46 bits per heavy atom. The highest BCUT2D eigenvalue weighted by atomic mass is 19.1. The number of carboxylic acids is 1. The summed E-state index contributed by atoms with van der Waals surface area (Å²) in [6.45, 7) is 0. The van der Waals surface area contributed by atoms with Gasteiger partial charge < -0.3 is 9.94 Å². The maximum atomic E-state index is 13.9. The van der Waals surface area contributed by atoms with Crippen LogP contribution in [0.25, 0.3) is 0 Å². The summed E-state index contributed by atoms with van der Waals surface area (Å²) in [5.41, 5.74) is -1.21. The second-order valence-corrected chi connectivity index (χ2v) is 8.28. The number of benzene rings is 2. The molecule has 5 rings (SSSR count). The highest BCUT2D eigenvalue weighted by Crippen LogP contribution is 2.24. The summed E-state index contributed by atoms with van der Waals surface area (Å²) in [6.07, 6.45) is 3.99. The maximum Gasteiger partial charge on any atom is 0.366 e. The van der Waals surface area contributed by atoms with Gasteiger partial charge in [0, 0.05) is 37.1 Å². The second kappa shape index (κ2) is 11.1. The Hall–Kier alpha value is -5.86. The summed E-state index contributed by atoms with van der Waals surface area (Å²) in [5, 5.41) is 9.00. The smallest absolute Gasteiger partial charge is 0.366 e. The minimum atomic E-state index is -1.46. The number of hydroxylamine groups is 2. The minimum Gasteiger partial charge on any atom is -0.478 e. The number of hydrogen-bond acceptors (Lipinski definition) is 9. The van der Waals surface area contributed by atoms with E-state index in [2.05, 4.69) is 4.84 Å². The van der Waals surface area contributed by atoms with Gasteiger partial charge in [-0.05, 0) is 36.4 Å². The van der Waals surface area contributed by atoms with Gasteiger partial charge in [0.05, 0.1) is 22.5 Å². The van der Waals surface area contributed by atoms with E-state index in [0.717, 1.165) is 64.4 Å². The van der Waals surface area contributed by atoms with Crippen molar-refractivity contribution in [1.29, 1.82) is 0 Å². The first-order chi connectivity index (χ1) is 19.4. The van der Waals surface area contributed by atoms with Crippen LogP contribution in [0.15, 0.2) is 60.7 Å². The zero-order chi connectivity index (χ0) is 30.0. The molecule has 0 bridgehead atoms. The molecular weight excluding hydrogens is 552 g/mol. The summed E-state index contributed by atoms with van der Waals surface area (Å²) in [4.78, 5) is 97.6. The molecule has 2 aromatic carbocycles. The van der Waals surface area contributed by atoms with Crippen LogP contribution in [-0.2, 0) is 33.6 Å². The number of hydrogen-bond donors (Lipinski definition) is 1. The van der Waals surface area contributed by atoms with Crippen LogP contribution in [0.2, 0.25) is 0 Å². The molecule has 0 unspecified atom stereocenters. The number of imide groups is 3. The molecule has 1 N–H and O–H groups in total. The number of carboxylic acid groups (broad SMARTS) is 1. The molecule has 2 aromatic rings. The summed E-state index contributed by atoms with van der Waals surface area (Å²) in [6, 6.07) is 5.97. The van der Waals surface area contributed by atoms with Gasteiger partial charge in [0.25, 0.3) is 35.4 Å². The zero-order valence-electron chi connectivity index (χ0n) is 20.4. The Morgan fingerprint density at radius 1 is 0.659 bits per heavy atom. The number of nitrogens with zero attached hydrogens (tertiary/aromatic N) is 3. The van der Waals surface area contributed by atoms with Gasteiger partial charge in [0.1, 0.15) is 11.6 Å². The lowest BCUT2D eigenvalue weighted by atomic mass is 10.1. The molecule has 1 fully saturated rings. The summed E-state index contributed by atoms with van der Waals surface area (Å²) < 4.78 is 27.0. The standard InChI is InChI=1S/C15H9FN2O6.C11H6FNO4/c16-10-2-1-8(17-11(19)3-4-12(17)20)7-9(10)15(23)24-18-13(21)5-6-14(18)22;12-8-2-1-6(5-7(8)11(16)17)13-9(14)3-4-10(13)15/h1-4,7H,5-6H2;1-5H,(H,16,17). The Morgan fingerprint density at radius 2 is 1.05 bits per heavy atom. The first kappa shape index (κ1) is 28.2. The highest BCUT2D eigenvalue weighted by Gasteiger charge is 2.34. The SMILES string of the molecule is O=C(O)c1cc(N2C(=O)C=CC2=O)ccc1F.O=C(ON1C(=O)CCC1=O)c1cc(N2C(=O)C=CC2=O)ccc1F. The molecule has 41 heavy (non-hydrogen) atoms. The molecule has 0 spiro atoms. The van der Waals surface area contributed by atoms with Crippen LogP contribution < -0.4 is 9.80 Å². The molecule has 6 amide bonds. The Balaban J connectivity index is 0.000000201. The van der Waals surface area contributed by atoms with Gasteiger partial charge >= 0.3 is 11.9 Å². The quantitative estimate of drug-likeness (QED) is 0.520. The van der Waals surface area contributed by atoms with E-state index in [1.807, 2.05) is 0 Å². The first-order valence-electron chi connectivity index (χ1n) is 11.4. The Kier molecular flexibility index (Phi) is 7.62. The van der Waals surface area contributed by atoms with E-state index >= 15 is 0 Å². The van der Waals surface area contributed by atoms with Crippen LogP contribution in [0.5, 0.6) is 0 Å². The number of carbonyl (C=O) groups is 8. The van der Waals surface area contributed by atoms with E-state index in [1.54, 1.807) is 0 Å². The molecule has 0 aromatic heterocycles. The normalized spacial score (nSPS) is 16.1. The third-order valence-electron chi connectivity index (χ3n) is 5.67. The van der Waals surface area contributed by atoms with E-state index in [9.17, 15) is 47.1 Å². The van der Waals surface area contributed by atoms with Crippen molar-refractivity contribution in [3.63, 3.8) is 0 Å². The van der Waals surface area contributed by atoms with Crippen LogP contribution in [-0.4, -0.2) is 57.6 Å². The van der Waals surface area contributed by atoms with Crippen LogP contribution in [0, 0.1) is 11.6 Å². The molecular formula is C26H15F2N3O10. The molecule has 3 aliphatic heterocycles. The fraction of sp³-hybridized carbons (Fsp3) is 0.0769. The topological polar surface area (TPSA) is 176 Å². The molecule has 15 heteroatoms. The lowest BCUT2D eigenvalue weighted by Crippen LogP contribution is -2.33. The number of halogens is 2. The fourth-order valence-electron chi connectivity index (χ4n) is 3.72. The van der Waals surface area contributed by atoms with E-state index in [1.165, 1.54) is 6.07 Å². The number of amides is 6. The average molecular weight is 567 g/mol. The van der Waals surface area contributed by atoms with Gasteiger partial charge in [-0.1, -0.05) is 0 Å². The van der Waals surface area contributed by atoms with E-state index < -0.39 is 70.1 Å². The van der Waals surface area contributed by atoms with E-state index in [0.29, 0.717) is 0 Å². The monoisotopic (exact) mass is 567 g/mol. The number of carbonyl (C=O) groups excluding carboxylic acids is 7. The number of rotatable bonds is 5. The Bertz CT molecular complexity index is 1580. The predicted molar refractivity (Wildman–Crippen MR) is 130 cm³/mol. The van der Waals surface area contributed by atoms with Crippen molar-refractivity contribution in [2.75, 3.05) is 9.80 Å². The number of anilines is 2.